The molecule has 2 nitrogen and oxygen atoms in total. The van der Waals surface area contributed by atoms with E-state index in [0.717, 1.165) is 19.2 Å². The Morgan fingerprint density at radius 2 is 2.23 bits per heavy atom. The first-order valence-electron chi connectivity index (χ1n) is 3.67. The maximum Gasteiger partial charge on any atom is 0.307 e. The molecule has 0 aliphatic carbocycles. The molecule has 1 N–H and O–H groups in total. The zero-order valence-electron chi connectivity index (χ0n) is 6.97. The van der Waals surface area contributed by atoms with Crippen LogP contribution in [0.1, 0.15) is 11.1 Å². The third-order valence-electron chi connectivity index (χ3n) is 1.70. The second-order valence-corrected chi connectivity index (χ2v) is 4.77. The van der Waals surface area contributed by atoms with Crippen LogP contribution in [-0.2, 0) is 11.2 Å². The number of benzene rings is 1. The van der Waals surface area contributed by atoms with Crippen LogP contribution in [0.2, 0.25) is 0 Å². The minimum absolute atomic E-state index is 0.0783. The van der Waals surface area contributed by atoms with Crippen LogP contribution in [-0.4, -0.2) is 11.1 Å². The molecule has 4 heteroatoms. The maximum atomic E-state index is 10.5. The molecular weight excluding hydrogens is 347 g/mol. The number of rotatable bonds is 2. The molecule has 0 atom stereocenters. The highest BCUT2D eigenvalue weighted by molar-refractivity contribution is 14.1. The van der Waals surface area contributed by atoms with Gasteiger partial charge in [0, 0.05) is 8.04 Å². The predicted octanol–water partition coefficient (Wildman–Crippen LogP) is 2.99. The zero-order chi connectivity index (χ0) is 10.0. The summed E-state index contributed by atoms with van der Waals surface area (Å²) in [7, 11) is 0. The van der Waals surface area contributed by atoms with Gasteiger partial charge in [0.1, 0.15) is 0 Å². The lowest BCUT2D eigenvalue weighted by molar-refractivity contribution is -0.136. The minimum Gasteiger partial charge on any atom is -0.481 e. The molecule has 0 amide bonds. The molecule has 0 spiro atoms. The Morgan fingerprint density at radius 3 is 2.69 bits per heavy atom. The van der Waals surface area contributed by atoms with Crippen LogP contribution in [0.4, 0.5) is 0 Å². The van der Waals surface area contributed by atoms with E-state index in [1.54, 1.807) is 0 Å². The average molecular weight is 355 g/mol. The molecule has 1 rings (SSSR count). The van der Waals surface area contributed by atoms with Gasteiger partial charge in [-0.2, -0.15) is 0 Å². The second kappa shape index (κ2) is 4.41. The van der Waals surface area contributed by atoms with E-state index in [0.29, 0.717) is 0 Å². The molecule has 1 aromatic carbocycles. The van der Waals surface area contributed by atoms with E-state index in [2.05, 4.69) is 38.5 Å². The molecule has 0 radical (unpaired) electrons. The number of hydrogen-bond donors (Lipinski definition) is 1. The van der Waals surface area contributed by atoms with Crippen LogP contribution in [0, 0.1) is 10.5 Å². The van der Waals surface area contributed by atoms with Gasteiger partial charge in [-0.05, 0) is 52.8 Å². The molecule has 0 fully saturated rings. The van der Waals surface area contributed by atoms with Crippen molar-refractivity contribution < 1.29 is 9.90 Å². The highest BCUT2D eigenvalue weighted by Crippen LogP contribution is 2.23. The summed E-state index contributed by atoms with van der Waals surface area (Å²) in [6.07, 6.45) is 0.0783. The van der Waals surface area contributed by atoms with Crippen LogP contribution < -0.4 is 0 Å². The third kappa shape index (κ3) is 2.95. The first-order chi connectivity index (χ1) is 6.00. The van der Waals surface area contributed by atoms with Gasteiger partial charge in [0.15, 0.2) is 0 Å². The molecule has 0 aromatic heterocycles. The topological polar surface area (TPSA) is 37.3 Å². The van der Waals surface area contributed by atoms with Gasteiger partial charge in [-0.3, -0.25) is 4.79 Å². The van der Waals surface area contributed by atoms with Crippen molar-refractivity contribution in [2.45, 2.75) is 13.3 Å². The predicted molar refractivity (Wildman–Crippen MR) is 62.9 cm³/mol. The monoisotopic (exact) mass is 354 g/mol. The average Bonchev–Trinajstić information content (AvgIpc) is 1.98. The standard InChI is InChI=1S/C9H8BrIO2/c1-5-7(10)2-6(3-8(5)11)4-9(12)13/h2-3H,4H2,1H3,(H,12,13). The molecule has 0 saturated carbocycles. The van der Waals surface area contributed by atoms with Gasteiger partial charge in [-0.25, -0.2) is 0 Å². The Balaban J connectivity index is 3.06. The van der Waals surface area contributed by atoms with Gasteiger partial charge in [0.2, 0.25) is 0 Å². The number of carboxylic acids is 1. The summed E-state index contributed by atoms with van der Waals surface area (Å²) >= 11 is 5.59. The molecule has 0 heterocycles. The Morgan fingerprint density at radius 1 is 1.62 bits per heavy atom. The van der Waals surface area contributed by atoms with E-state index in [1.807, 2.05) is 19.1 Å². The third-order valence-corrected chi connectivity index (χ3v) is 3.64. The zero-order valence-corrected chi connectivity index (χ0v) is 10.7. The highest BCUT2D eigenvalue weighted by Gasteiger charge is 2.05. The van der Waals surface area contributed by atoms with Crippen LogP contribution in [0.25, 0.3) is 0 Å². The smallest absolute Gasteiger partial charge is 0.307 e. The SMILES string of the molecule is Cc1c(Br)cc(CC(=O)O)cc1I. The normalized spacial score (nSPS) is 10.1. The molecule has 0 aliphatic rings. The van der Waals surface area contributed by atoms with Gasteiger partial charge in [0.05, 0.1) is 6.42 Å². The highest BCUT2D eigenvalue weighted by atomic mass is 127. The Hall–Kier alpha value is -0.100. The second-order valence-electron chi connectivity index (χ2n) is 2.75. The van der Waals surface area contributed by atoms with E-state index >= 15 is 0 Å². The lowest BCUT2D eigenvalue weighted by atomic mass is 10.1. The summed E-state index contributed by atoms with van der Waals surface area (Å²) in [5, 5.41) is 8.60. The van der Waals surface area contributed by atoms with Crippen molar-refractivity contribution in [1.29, 1.82) is 0 Å². The number of hydrogen-bond acceptors (Lipinski definition) is 1. The quantitative estimate of drug-likeness (QED) is 0.829. The first-order valence-corrected chi connectivity index (χ1v) is 5.54. The fourth-order valence-corrected chi connectivity index (χ4v) is 2.54. The molecule has 0 aliphatic heterocycles. The van der Waals surface area contributed by atoms with E-state index < -0.39 is 5.97 Å². The van der Waals surface area contributed by atoms with E-state index in [-0.39, 0.29) is 6.42 Å². The lowest BCUT2D eigenvalue weighted by Gasteiger charge is -2.04. The van der Waals surface area contributed by atoms with Crippen LogP contribution in [0.5, 0.6) is 0 Å². The summed E-state index contributed by atoms with van der Waals surface area (Å²) in [4.78, 5) is 10.5. The summed E-state index contributed by atoms with van der Waals surface area (Å²) in [6.45, 7) is 2.00. The minimum atomic E-state index is -0.799. The summed E-state index contributed by atoms with van der Waals surface area (Å²) in [5.41, 5.74) is 1.98. The largest absolute Gasteiger partial charge is 0.481 e. The van der Waals surface area contributed by atoms with Gasteiger partial charge in [-0.1, -0.05) is 15.9 Å². The van der Waals surface area contributed by atoms with Crippen molar-refractivity contribution in [2.75, 3.05) is 0 Å². The first kappa shape index (κ1) is 11.0. The van der Waals surface area contributed by atoms with Gasteiger partial charge in [-0.15, -0.1) is 0 Å². The van der Waals surface area contributed by atoms with Crippen molar-refractivity contribution in [1.82, 2.24) is 0 Å². The van der Waals surface area contributed by atoms with Gasteiger partial charge < -0.3 is 5.11 Å². The molecule has 70 valence electrons. The fraction of sp³-hybridized carbons (Fsp3) is 0.222. The number of carbonyl (C=O) groups is 1. The fourth-order valence-electron chi connectivity index (χ4n) is 0.974. The maximum absolute atomic E-state index is 10.5. The van der Waals surface area contributed by atoms with Crippen molar-refractivity contribution >= 4 is 44.5 Å². The van der Waals surface area contributed by atoms with Gasteiger partial charge >= 0.3 is 5.97 Å². The molecule has 0 unspecified atom stereocenters. The number of aliphatic carboxylic acids is 1. The Bertz CT molecular complexity index is 326. The van der Waals surface area contributed by atoms with Crippen LogP contribution in [0.3, 0.4) is 0 Å². The van der Waals surface area contributed by atoms with Crippen molar-refractivity contribution in [3.8, 4) is 0 Å². The van der Waals surface area contributed by atoms with Crippen molar-refractivity contribution in [3.05, 3.63) is 31.3 Å². The van der Waals surface area contributed by atoms with Gasteiger partial charge in [0.25, 0.3) is 0 Å². The van der Waals surface area contributed by atoms with E-state index in [9.17, 15) is 4.79 Å². The van der Waals surface area contributed by atoms with E-state index in [4.69, 9.17) is 5.11 Å². The molecular formula is C9H8BrIO2. The molecule has 0 saturated heterocycles. The van der Waals surface area contributed by atoms with Crippen molar-refractivity contribution in [3.63, 3.8) is 0 Å². The number of halogens is 2. The summed E-state index contributed by atoms with van der Waals surface area (Å²) < 4.78 is 2.05. The van der Waals surface area contributed by atoms with Crippen LogP contribution in [0.15, 0.2) is 16.6 Å². The molecule has 13 heavy (non-hydrogen) atoms. The van der Waals surface area contributed by atoms with E-state index in [1.165, 1.54) is 0 Å². The summed E-state index contributed by atoms with van der Waals surface area (Å²) in [5.74, 6) is -0.799. The summed E-state index contributed by atoms with van der Waals surface area (Å²) in [6, 6.07) is 3.75. The van der Waals surface area contributed by atoms with Crippen LogP contribution >= 0.6 is 38.5 Å². The Kier molecular flexibility index (Phi) is 3.73. The Labute approximate surface area is 98.6 Å². The molecule has 1 aromatic rings. The lowest BCUT2D eigenvalue weighted by Crippen LogP contribution is -2.01. The van der Waals surface area contributed by atoms with Crippen molar-refractivity contribution in [2.24, 2.45) is 0 Å². The molecule has 0 bridgehead atoms. The number of carboxylic acid groups (broad SMARTS) is 1.